The molecule has 0 bridgehead atoms. The molecule has 0 aliphatic heterocycles. The van der Waals surface area contributed by atoms with Gasteiger partial charge in [-0.1, -0.05) is 26.1 Å². The minimum absolute atomic E-state index is 0.372. The molecule has 0 fully saturated rings. The van der Waals surface area contributed by atoms with Crippen molar-refractivity contribution >= 4 is 55.4 Å². The second-order valence-corrected chi connectivity index (χ2v) is 6.91. The molecule has 2 nitrogen and oxygen atoms in total. The van der Waals surface area contributed by atoms with Crippen LogP contribution in [0.1, 0.15) is 25.5 Å². The summed E-state index contributed by atoms with van der Waals surface area (Å²) in [6.07, 6.45) is 0. The van der Waals surface area contributed by atoms with Gasteiger partial charge in [0.1, 0.15) is 10.5 Å². The van der Waals surface area contributed by atoms with Crippen molar-refractivity contribution in [2.24, 2.45) is 0 Å². The molecule has 0 saturated heterocycles. The first-order valence-corrected chi connectivity index (χ1v) is 7.90. The number of hydrogen-bond acceptors (Lipinski definition) is 3. The molecule has 2 aromatic heterocycles. The van der Waals surface area contributed by atoms with Crippen molar-refractivity contribution in [2.45, 2.75) is 19.8 Å². The van der Waals surface area contributed by atoms with E-state index in [1.54, 1.807) is 11.3 Å². The van der Waals surface area contributed by atoms with E-state index in [2.05, 4.69) is 55.7 Å². The molecule has 0 unspecified atom stereocenters. The molecule has 0 aliphatic carbocycles. The van der Waals surface area contributed by atoms with Gasteiger partial charge in [-0.3, -0.25) is 0 Å². The topological polar surface area (TPSA) is 28.7 Å². The molecule has 0 spiro atoms. The fraction of sp³-hybridized carbons (Fsp3) is 0.273. The Labute approximate surface area is 126 Å². The predicted molar refractivity (Wildman–Crippen MR) is 82.2 cm³/mol. The number of nitrogens with zero attached hydrogens (tertiary/aromatic N) is 1. The van der Waals surface area contributed by atoms with Crippen molar-refractivity contribution in [3.63, 3.8) is 0 Å². The normalized spacial score (nSPS) is 11.1. The summed E-state index contributed by atoms with van der Waals surface area (Å²) in [7, 11) is 0. The van der Waals surface area contributed by atoms with Gasteiger partial charge in [-0.25, -0.2) is 4.98 Å². The Morgan fingerprint density at radius 2 is 2.12 bits per heavy atom. The average Bonchev–Trinajstić information content (AvgIpc) is 2.68. The summed E-state index contributed by atoms with van der Waals surface area (Å²) < 4.78 is 2.56. The second kappa shape index (κ2) is 5.30. The summed E-state index contributed by atoms with van der Waals surface area (Å²) in [5.41, 5.74) is 1.09. The molecule has 0 aromatic carbocycles. The van der Waals surface area contributed by atoms with Gasteiger partial charge in [0.05, 0.1) is 9.35 Å². The Morgan fingerprint density at radius 1 is 1.41 bits per heavy atom. The molecule has 2 heterocycles. The van der Waals surface area contributed by atoms with Gasteiger partial charge >= 0.3 is 0 Å². The maximum atomic E-state index is 5.27. The minimum Gasteiger partial charge on any atom is -0.341 e. The van der Waals surface area contributed by atoms with Crippen LogP contribution < -0.4 is 0 Å². The molecule has 0 aliphatic rings. The molecule has 1 N–H and O–H groups in total. The molecular formula is C11H10Br2N2S2. The zero-order valence-corrected chi connectivity index (χ0v) is 14.1. The third-order valence-corrected chi connectivity index (χ3v) is 5.33. The highest BCUT2D eigenvalue weighted by Gasteiger charge is 2.11. The van der Waals surface area contributed by atoms with Crippen molar-refractivity contribution in [1.29, 1.82) is 0 Å². The number of rotatable bonds is 2. The van der Waals surface area contributed by atoms with E-state index in [9.17, 15) is 0 Å². The molecule has 0 atom stereocenters. The Morgan fingerprint density at radius 3 is 2.65 bits per heavy atom. The van der Waals surface area contributed by atoms with E-state index in [1.165, 1.54) is 0 Å². The highest BCUT2D eigenvalue weighted by atomic mass is 79.9. The highest BCUT2D eigenvalue weighted by molar-refractivity contribution is 9.10. The van der Waals surface area contributed by atoms with Crippen molar-refractivity contribution < 1.29 is 0 Å². The molecule has 0 amide bonds. The fourth-order valence-corrected chi connectivity index (χ4v) is 3.65. The zero-order valence-electron chi connectivity index (χ0n) is 9.25. The SMILES string of the molecule is CC(C)c1[nH]c(-c2cc(Br)cs2)nc(=S)c1Br. The average molecular weight is 394 g/mol. The van der Waals surface area contributed by atoms with Gasteiger partial charge in [0.25, 0.3) is 0 Å². The largest absolute Gasteiger partial charge is 0.341 e. The van der Waals surface area contributed by atoms with Gasteiger partial charge in [0.2, 0.25) is 0 Å². The number of thiophene rings is 1. The monoisotopic (exact) mass is 392 g/mol. The lowest BCUT2D eigenvalue weighted by Crippen LogP contribution is -1.99. The summed E-state index contributed by atoms with van der Waals surface area (Å²) >= 11 is 13.8. The Hall–Kier alpha value is -0.0400. The Kier molecular flexibility index (Phi) is 4.18. The van der Waals surface area contributed by atoms with E-state index >= 15 is 0 Å². The lowest BCUT2D eigenvalue weighted by atomic mass is 10.1. The van der Waals surface area contributed by atoms with Crippen molar-refractivity contribution in [3.8, 4) is 10.7 Å². The van der Waals surface area contributed by atoms with Crippen LogP contribution in [0.25, 0.3) is 10.7 Å². The lowest BCUT2D eigenvalue weighted by Gasteiger charge is -2.10. The number of H-pyrrole nitrogens is 1. The first-order chi connectivity index (χ1) is 7.99. The first kappa shape index (κ1) is 13.4. The van der Waals surface area contributed by atoms with Crippen LogP contribution in [0.2, 0.25) is 0 Å². The van der Waals surface area contributed by atoms with Crippen LogP contribution in [0.4, 0.5) is 0 Å². The summed E-state index contributed by atoms with van der Waals surface area (Å²) in [5.74, 6) is 1.20. The number of aromatic nitrogens is 2. The van der Waals surface area contributed by atoms with E-state index in [1.807, 2.05) is 11.4 Å². The van der Waals surface area contributed by atoms with E-state index in [0.717, 1.165) is 25.3 Å². The van der Waals surface area contributed by atoms with Crippen molar-refractivity contribution in [3.05, 3.63) is 30.7 Å². The van der Waals surface area contributed by atoms with Crippen LogP contribution in [0.15, 0.2) is 20.4 Å². The summed E-state index contributed by atoms with van der Waals surface area (Å²) in [6, 6.07) is 2.04. The highest BCUT2D eigenvalue weighted by Crippen LogP contribution is 2.30. The maximum Gasteiger partial charge on any atom is 0.149 e. The summed E-state index contributed by atoms with van der Waals surface area (Å²) in [4.78, 5) is 8.83. The standard InChI is InChI=1S/C11H10Br2N2S2/c1-5(2)9-8(13)11(16)15-10(14-9)7-3-6(12)4-17-7/h3-5H,1-2H3,(H,14,15,16). The Bertz CT molecular complexity index is 602. The predicted octanol–water partition coefficient (Wildman–Crippen LogP) is 5.52. The number of aromatic amines is 1. The van der Waals surface area contributed by atoms with Crippen LogP contribution >= 0.6 is 55.4 Å². The Balaban J connectivity index is 2.61. The van der Waals surface area contributed by atoms with E-state index in [0.29, 0.717) is 10.6 Å². The van der Waals surface area contributed by atoms with E-state index in [-0.39, 0.29) is 0 Å². The second-order valence-electron chi connectivity index (χ2n) is 3.90. The van der Waals surface area contributed by atoms with Gasteiger partial charge in [-0.2, -0.15) is 0 Å². The van der Waals surface area contributed by atoms with Crippen LogP contribution in [-0.2, 0) is 0 Å². The first-order valence-electron chi connectivity index (χ1n) is 5.03. The van der Waals surface area contributed by atoms with E-state index in [4.69, 9.17) is 12.2 Å². The third kappa shape index (κ3) is 2.86. The molecule has 90 valence electrons. The van der Waals surface area contributed by atoms with Gasteiger partial charge in [0, 0.05) is 15.5 Å². The van der Waals surface area contributed by atoms with Crippen molar-refractivity contribution in [1.82, 2.24) is 9.97 Å². The van der Waals surface area contributed by atoms with Gasteiger partial charge in [-0.05, 0) is 43.8 Å². The minimum atomic E-state index is 0.372. The molecule has 6 heteroatoms. The van der Waals surface area contributed by atoms with Gasteiger partial charge in [-0.15, -0.1) is 11.3 Å². The number of halogens is 2. The fourth-order valence-electron chi connectivity index (χ4n) is 1.43. The summed E-state index contributed by atoms with van der Waals surface area (Å²) in [5, 5.41) is 2.03. The number of nitrogens with one attached hydrogen (secondary N) is 1. The van der Waals surface area contributed by atoms with Gasteiger partial charge < -0.3 is 4.98 Å². The molecule has 0 radical (unpaired) electrons. The van der Waals surface area contributed by atoms with Crippen LogP contribution in [-0.4, -0.2) is 9.97 Å². The van der Waals surface area contributed by atoms with Crippen LogP contribution in [0.3, 0.4) is 0 Å². The van der Waals surface area contributed by atoms with Gasteiger partial charge in [0.15, 0.2) is 0 Å². The third-order valence-electron chi connectivity index (χ3n) is 2.27. The number of hydrogen-bond donors (Lipinski definition) is 1. The maximum absolute atomic E-state index is 5.27. The molecule has 17 heavy (non-hydrogen) atoms. The smallest absolute Gasteiger partial charge is 0.149 e. The van der Waals surface area contributed by atoms with Crippen LogP contribution in [0, 0.1) is 4.64 Å². The van der Waals surface area contributed by atoms with Crippen LogP contribution in [0.5, 0.6) is 0 Å². The van der Waals surface area contributed by atoms with E-state index < -0.39 is 0 Å². The molecule has 0 saturated carbocycles. The quantitative estimate of drug-likeness (QED) is 0.680. The molecule has 2 aromatic rings. The summed E-state index contributed by atoms with van der Waals surface area (Å²) in [6.45, 7) is 4.25. The molecular weight excluding hydrogens is 384 g/mol. The lowest BCUT2D eigenvalue weighted by molar-refractivity contribution is 0.807. The van der Waals surface area contributed by atoms with Crippen molar-refractivity contribution in [2.75, 3.05) is 0 Å². The zero-order chi connectivity index (χ0) is 12.6. The molecule has 2 rings (SSSR count).